The second-order valence-corrected chi connectivity index (χ2v) is 5.93. The van der Waals surface area contributed by atoms with E-state index in [2.05, 4.69) is 10.4 Å². The number of halogens is 1. The van der Waals surface area contributed by atoms with Crippen molar-refractivity contribution in [3.8, 4) is 0 Å². The third-order valence-electron chi connectivity index (χ3n) is 2.46. The quantitative estimate of drug-likeness (QED) is 0.881. The van der Waals surface area contributed by atoms with Crippen molar-refractivity contribution < 1.29 is 4.79 Å². The molecular weight excluding hydrogens is 282 g/mol. The number of hydrogen-bond acceptors (Lipinski definition) is 3. The molecule has 4 nitrogen and oxygen atoms in total. The molecule has 100 valence electrons. The van der Waals surface area contributed by atoms with Crippen molar-refractivity contribution in [1.29, 1.82) is 0 Å². The van der Waals surface area contributed by atoms with Gasteiger partial charge in [-0.15, -0.1) is 11.8 Å². The van der Waals surface area contributed by atoms with Crippen molar-refractivity contribution in [3.63, 3.8) is 0 Å². The van der Waals surface area contributed by atoms with Crippen LogP contribution >= 0.6 is 23.4 Å². The maximum atomic E-state index is 12.0. The van der Waals surface area contributed by atoms with Crippen molar-refractivity contribution in [1.82, 2.24) is 9.78 Å². The van der Waals surface area contributed by atoms with Crippen LogP contribution in [0.5, 0.6) is 0 Å². The molecule has 0 saturated carbocycles. The molecule has 0 aliphatic rings. The summed E-state index contributed by atoms with van der Waals surface area (Å²) in [5.41, 5.74) is 0. The molecule has 1 amide bonds. The number of hydrogen-bond donors (Lipinski definition) is 1. The van der Waals surface area contributed by atoms with E-state index in [1.807, 2.05) is 38.2 Å². The van der Waals surface area contributed by atoms with Gasteiger partial charge < -0.3 is 5.32 Å². The fourth-order valence-electron chi connectivity index (χ4n) is 1.48. The van der Waals surface area contributed by atoms with Gasteiger partial charge in [-0.2, -0.15) is 5.10 Å². The Morgan fingerprint density at radius 1 is 1.37 bits per heavy atom. The van der Waals surface area contributed by atoms with Crippen molar-refractivity contribution >= 4 is 35.1 Å². The predicted octanol–water partition coefficient (Wildman–Crippen LogP) is 3.19. The molecule has 2 rings (SSSR count). The van der Waals surface area contributed by atoms with Gasteiger partial charge in [-0.3, -0.25) is 9.48 Å². The molecule has 0 fully saturated rings. The highest BCUT2D eigenvalue weighted by molar-refractivity contribution is 8.00. The summed E-state index contributed by atoms with van der Waals surface area (Å²) >= 11 is 7.30. The number of aryl methyl sites for hydroxylation is 1. The van der Waals surface area contributed by atoms with Gasteiger partial charge in [0.15, 0.2) is 5.82 Å². The number of thioether (sulfide) groups is 1. The standard InChI is InChI=1S/C13H14ClN3OS/c1-9(19-11-5-3-10(14)4-6-11)13(18)15-12-7-8-17(2)16-12/h3-9H,1-2H3,(H,15,16,18). The number of nitrogens with one attached hydrogen (secondary N) is 1. The minimum atomic E-state index is -0.205. The zero-order valence-electron chi connectivity index (χ0n) is 10.6. The van der Waals surface area contributed by atoms with Gasteiger partial charge in [0.05, 0.1) is 5.25 Å². The second-order valence-electron chi connectivity index (χ2n) is 4.08. The van der Waals surface area contributed by atoms with E-state index < -0.39 is 0 Å². The summed E-state index contributed by atoms with van der Waals surface area (Å²) in [5.74, 6) is 0.495. The Labute approximate surface area is 121 Å². The highest BCUT2D eigenvalue weighted by atomic mass is 35.5. The minimum Gasteiger partial charge on any atom is -0.308 e. The van der Waals surface area contributed by atoms with Crippen LogP contribution < -0.4 is 5.32 Å². The van der Waals surface area contributed by atoms with Gasteiger partial charge in [0.25, 0.3) is 0 Å². The normalized spacial score (nSPS) is 12.2. The van der Waals surface area contributed by atoms with Crippen LogP contribution in [0.15, 0.2) is 41.4 Å². The molecule has 2 aromatic rings. The zero-order valence-corrected chi connectivity index (χ0v) is 12.2. The van der Waals surface area contributed by atoms with Gasteiger partial charge in [-0.1, -0.05) is 11.6 Å². The Balaban J connectivity index is 1.94. The molecule has 19 heavy (non-hydrogen) atoms. The summed E-state index contributed by atoms with van der Waals surface area (Å²) in [7, 11) is 1.81. The number of benzene rings is 1. The maximum absolute atomic E-state index is 12.0. The maximum Gasteiger partial charge on any atom is 0.238 e. The van der Waals surface area contributed by atoms with Gasteiger partial charge in [-0.25, -0.2) is 0 Å². The van der Waals surface area contributed by atoms with Gasteiger partial charge in [0.2, 0.25) is 5.91 Å². The van der Waals surface area contributed by atoms with Crippen LogP contribution in [0.2, 0.25) is 5.02 Å². The molecule has 6 heteroatoms. The first kappa shape index (κ1) is 14.0. The highest BCUT2D eigenvalue weighted by Gasteiger charge is 2.15. The smallest absolute Gasteiger partial charge is 0.238 e. The fraction of sp³-hybridized carbons (Fsp3) is 0.231. The fourth-order valence-corrected chi connectivity index (χ4v) is 2.47. The Bertz CT molecular complexity index is 568. The van der Waals surface area contributed by atoms with Crippen LogP contribution in [0.25, 0.3) is 0 Å². The Morgan fingerprint density at radius 3 is 2.63 bits per heavy atom. The van der Waals surface area contributed by atoms with Crippen LogP contribution in [-0.4, -0.2) is 20.9 Å². The lowest BCUT2D eigenvalue weighted by atomic mass is 10.4. The Hall–Kier alpha value is -1.46. The van der Waals surface area contributed by atoms with E-state index in [9.17, 15) is 4.79 Å². The monoisotopic (exact) mass is 295 g/mol. The summed E-state index contributed by atoms with van der Waals surface area (Å²) in [6.07, 6.45) is 1.78. The molecule has 0 aliphatic carbocycles. The number of carbonyl (C=O) groups is 1. The van der Waals surface area contributed by atoms with Crippen molar-refractivity contribution in [2.75, 3.05) is 5.32 Å². The van der Waals surface area contributed by atoms with E-state index in [0.717, 1.165) is 4.90 Å². The molecule has 0 radical (unpaired) electrons. The van der Waals surface area contributed by atoms with Crippen molar-refractivity contribution in [3.05, 3.63) is 41.6 Å². The van der Waals surface area contributed by atoms with Crippen molar-refractivity contribution in [2.45, 2.75) is 17.1 Å². The zero-order chi connectivity index (χ0) is 13.8. The molecule has 1 aromatic carbocycles. The molecule has 1 heterocycles. The number of aromatic nitrogens is 2. The third-order valence-corrected chi connectivity index (χ3v) is 3.82. The largest absolute Gasteiger partial charge is 0.308 e. The number of anilines is 1. The van der Waals surface area contributed by atoms with Gasteiger partial charge in [0, 0.05) is 29.2 Å². The van der Waals surface area contributed by atoms with Gasteiger partial charge >= 0.3 is 0 Å². The first-order valence-corrected chi connectivity index (χ1v) is 7.03. The lowest BCUT2D eigenvalue weighted by Gasteiger charge is -2.10. The van der Waals surface area contributed by atoms with Crippen molar-refractivity contribution in [2.24, 2.45) is 7.05 Å². The van der Waals surface area contributed by atoms with E-state index in [4.69, 9.17) is 11.6 Å². The van der Waals surface area contributed by atoms with Crippen LogP contribution in [0.4, 0.5) is 5.82 Å². The predicted molar refractivity (Wildman–Crippen MR) is 78.6 cm³/mol. The lowest BCUT2D eigenvalue weighted by Crippen LogP contribution is -2.22. The first-order chi connectivity index (χ1) is 9.04. The average Bonchev–Trinajstić information content (AvgIpc) is 2.77. The molecular formula is C13H14ClN3OS. The van der Waals surface area contributed by atoms with E-state index >= 15 is 0 Å². The number of nitrogens with zero attached hydrogens (tertiary/aromatic N) is 2. The first-order valence-electron chi connectivity index (χ1n) is 5.77. The molecule has 1 atom stereocenters. The molecule has 0 aliphatic heterocycles. The van der Waals surface area contributed by atoms with E-state index in [1.54, 1.807) is 16.9 Å². The summed E-state index contributed by atoms with van der Waals surface area (Å²) in [6, 6.07) is 9.19. The van der Waals surface area contributed by atoms with E-state index in [0.29, 0.717) is 10.8 Å². The number of amides is 1. The SMILES string of the molecule is CC(Sc1ccc(Cl)cc1)C(=O)Nc1ccn(C)n1. The number of rotatable bonds is 4. The molecule has 0 bridgehead atoms. The molecule has 0 spiro atoms. The summed E-state index contributed by atoms with van der Waals surface area (Å²) in [5, 5.41) is 7.37. The topological polar surface area (TPSA) is 46.9 Å². The second kappa shape index (κ2) is 6.12. The van der Waals surface area contributed by atoms with Gasteiger partial charge in [0.1, 0.15) is 0 Å². The molecule has 1 N–H and O–H groups in total. The minimum absolute atomic E-state index is 0.0707. The Kier molecular flexibility index (Phi) is 4.50. The number of carbonyl (C=O) groups excluding carboxylic acids is 1. The lowest BCUT2D eigenvalue weighted by molar-refractivity contribution is -0.115. The van der Waals surface area contributed by atoms with E-state index in [1.165, 1.54) is 11.8 Å². The van der Waals surface area contributed by atoms with Crippen LogP contribution in [0.1, 0.15) is 6.92 Å². The van der Waals surface area contributed by atoms with Gasteiger partial charge in [-0.05, 0) is 31.2 Å². The van der Waals surface area contributed by atoms with Crippen LogP contribution in [0, 0.1) is 0 Å². The third kappa shape index (κ3) is 4.01. The molecule has 1 unspecified atom stereocenters. The average molecular weight is 296 g/mol. The highest BCUT2D eigenvalue weighted by Crippen LogP contribution is 2.25. The summed E-state index contributed by atoms with van der Waals surface area (Å²) in [6.45, 7) is 1.86. The summed E-state index contributed by atoms with van der Waals surface area (Å²) in [4.78, 5) is 13.0. The summed E-state index contributed by atoms with van der Waals surface area (Å²) < 4.78 is 1.65. The Morgan fingerprint density at radius 2 is 2.05 bits per heavy atom. The molecule has 1 aromatic heterocycles. The molecule has 0 saturated heterocycles. The van der Waals surface area contributed by atoms with Crippen LogP contribution in [-0.2, 0) is 11.8 Å². The van der Waals surface area contributed by atoms with E-state index in [-0.39, 0.29) is 11.2 Å². The van der Waals surface area contributed by atoms with Crippen LogP contribution in [0.3, 0.4) is 0 Å².